The molecule has 0 spiro atoms. The van der Waals surface area contributed by atoms with Gasteiger partial charge in [-0.1, -0.05) is 6.42 Å². The molecule has 0 radical (unpaired) electrons. The molecule has 1 N–H and O–H groups in total. The summed E-state index contributed by atoms with van der Waals surface area (Å²) in [5.74, 6) is 2.64. The van der Waals surface area contributed by atoms with Crippen LogP contribution in [0.5, 0.6) is 0 Å². The highest BCUT2D eigenvalue weighted by molar-refractivity contribution is 7.90. The summed E-state index contributed by atoms with van der Waals surface area (Å²) in [5, 5.41) is 3.55. The Morgan fingerprint density at radius 2 is 1.85 bits per heavy atom. The van der Waals surface area contributed by atoms with Crippen LogP contribution in [0.2, 0.25) is 0 Å². The molecule has 2 saturated carbocycles. The van der Waals surface area contributed by atoms with Gasteiger partial charge in [-0.25, -0.2) is 8.42 Å². The lowest BCUT2D eigenvalue weighted by Gasteiger charge is -2.29. The summed E-state index contributed by atoms with van der Waals surface area (Å²) >= 11 is 0. The molecule has 2 fully saturated rings. The van der Waals surface area contributed by atoms with Gasteiger partial charge in [0.15, 0.2) is 9.84 Å². The quantitative estimate of drug-likeness (QED) is 0.926. The molecule has 1 aromatic carbocycles. The summed E-state index contributed by atoms with van der Waals surface area (Å²) in [6.07, 6.45) is 6.85. The Hall–Kier alpha value is -1.03. The maximum atomic E-state index is 11.4. The van der Waals surface area contributed by atoms with E-state index in [1.54, 1.807) is 12.1 Å². The van der Waals surface area contributed by atoms with Gasteiger partial charge in [-0.3, -0.25) is 0 Å². The molecular weight excluding hydrogens is 270 g/mol. The van der Waals surface area contributed by atoms with Crippen LogP contribution in [0.3, 0.4) is 0 Å². The monoisotopic (exact) mass is 293 g/mol. The fraction of sp³-hybridized carbons (Fsp3) is 0.625. The predicted octanol–water partition coefficient (Wildman–Crippen LogP) is 3.33. The number of rotatable bonds is 4. The molecule has 110 valence electrons. The van der Waals surface area contributed by atoms with Crippen LogP contribution in [0.1, 0.15) is 32.6 Å². The van der Waals surface area contributed by atoms with E-state index in [0.717, 1.165) is 23.4 Å². The molecule has 0 heterocycles. The van der Waals surface area contributed by atoms with Crippen molar-refractivity contribution in [2.45, 2.75) is 43.5 Å². The first kappa shape index (κ1) is 13.9. The summed E-state index contributed by atoms with van der Waals surface area (Å²) in [6.45, 7) is 2.26. The Kier molecular flexibility index (Phi) is 3.53. The second-order valence-corrected chi connectivity index (χ2v) is 8.58. The summed E-state index contributed by atoms with van der Waals surface area (Å²) in [5.41, 5.74) is 1.02. The molecular formula is C16H23NO2S. The minimum Gasteiger partial charge on any atom is -0.382 e. The van der Waals surface area contributed by atoms with Crippen molar-refractivity contribution < 1.29 is 8.42 Å². The molecule has 2 aliphatic carbocycles. The van der Waals surface area contributed by atoms with Crippen LogP contribution >= 0.6 is 0 Å². The van der Waals surface area contributed by atoms with Crippen molar-refractivity contribution in [2.75, 3.05) is 11.6 Å². The standard InChI is InChI=1S/C16H23NO2S/c1-11(16-10-12-3-4-13(16)9-12)17-14-5-7-15(8-6-14)20(2,18)19/h5-8,11-13,16-17H,3-4,9-10H2,1-2H3. The molecule has 3 nitrogen and oxygen atoms in total. The smallest absolute Gasteiger partial charge is 0.175 e. The molecule has 20 heavy (non-hydrogen) atoms. The van der Waals surface area contributed by atoms with Crippen molar-refractivity contribution in [3.05, 3.63) is 24.3 Å². The van der Waals surface area contributed by atoms with Gasteiger partial charge < -0.3 is 5.32 Å². The van der Waals surface area contributed by atoms with Gasteiger partial charge in [-0.05, 0) is 68.2 Å². The zero-order valence-electron chi connectivity index (χ0n) is 12.2. The highest BCUT2D eigenvalue weighted by atomic mass is 32.2. The minimum absolute atomic E-state index is 0.385. The lowest BCUT2D eigenvalue weighted by Crippen LogP contribution is -2.29. The molecule has 1 aromatic rings. The topological polar surface area (TPSA) is 46.2 Å². The number of hydrogen-bond acceptors (Lipinski definition) is 3. The van der Waals surface area contributed by atoms with E-state index in [1.165, 1.54) is 31.9 Å². The van der Waals surface area contributed by atoms with Gasteiger partial charge in [0.05, 0.1) is 4.90 Å². The summed E-state index contributed by atoms with van der Waals surface area (Å²) in [4.78, 5) is 0.385. The molecule has 2 bridgehead atoms. The van der Waals surface area contributed by atoms with Crippen LogP contribution in [-0.4, -0.2) is 20.7 Å². The maximum Gasteiger partial charge on any atom is 0.175 e. The second kappa shape index (κ2) is 5.06. The fourth-order valence-corrected chi connectivity index (χ4v) is 4.71. The van der Waals surface area contributed by atoms with Crippen molar-refractivity contribution in [3.63, 3.8) is 0 Å². The van der Waals surface area contributed by atoms with Crippen LogP contribution in [0.4, 0.5) is 5.69 Å². The second-order valence-electron chi connectivity index (χ2n) is 6.57. The van der Waals surface area contributed by atoms with Gasteiger partial charge >= 0.3 is 0 Å². The summed E-state index contributed by atoms with van der Waals surface area (Å²) < 4.78 is 22.9. The van der Waals surface area contributed by atoms with E-state index in [0.29, 0.717) is 10.9 Å². The van der Waals surface area contributed by atoms with Gasteiger partial charge in [0.2, 0.25) is 0 Å². The minimum atomic E-state index is -3.10. The predicted molar refractivity (Wildman–Crippen MR) is 81.6 cm³/mol. The van der Waals surface area contributed by atoms with E-state index in [4.69, 9.17) is 0 Å². The Labute approximate surface area is 121 Å². The van der Waals surface area contributed by atoms with E-state index in [1.807, 2.05) is 12.1 Å². The SMILES string of the molecule is CC(Nc1ccc(S(C)(=O)=O)cc1)C1CC2CCC1C2. The van der Waals surface area contributed by atoms with Crippen molar-refractivity contribution in [3.8, 4) is 0 Å². The Bertz CT molecular complexity index is 579. The molecule has 4 unspecified atom stereocenters. The van der Waals surface area contributed by atoms with E-state index >= 15 is 0 Å². The van der Waals surface area contributed by atoms with E-state index < -0.39 is 9.84 Å². The van der Waals surface area contributed by atoms with Crippen molar-refractivity contribution in [1.29, 1.82) is 0 Å². The number of nitrogens with one attached hydrogen (secondary N) is 1. The molecule has 0 aromatic heterocycles. The average Bonchev–Trinajstić information content (AvgIpc) is 3.00. The molecule has 2 aliphatic rings. The van der Waals surface area contributed by atoms with Crippen LogP contribution in [0, 0.1) is 17.8 Å². The third kappa shape index (κ3) is 2.71. The van der Waals surface area contributed by atoms with E-state index in [9.17, 15) is 8.42 Å². The first-order valence-electron chi connectivity index (χ1n) is 7.50. The van der Waals surface area contributed by atoms with E-state index in [2.05, 4.69) is 12.2 Å². The zero-order chi connectivity index (χ0) is 14.3. The van der Waals surface area contributed by atoms with Crippen molar-refractivity contribution in [1.82, 2.24) is 0 Å². The maximum absolute atomic E-state index is 11.4. The Balaban J connectivity index is 1.66. The third-order valence-electron chi connectivity index (χ3n) is 5.11. The molecule has 4 heteroatoms. The molecule has 3 rings (SSSR count). The summed E-state index contributed by atoms with van der Waals surface area (Å²) in [7, 11) is -3.10. The Morgan fingerprint density at radius 1 is 1.15 bits per heavy atom. The van der Waals surface area contributed by atoms with Gasteiger partial charge in [0.1, 0.15) is 0 Å². The number of sulfone groups is 1. The molecule has 0 aliphatic heterocycles. The van der Waals surface area contributed by atoms with Gasteiger partial charge in [0, 0.05) is 18.0 Å². The highest BCUT2D eigenvalue weighted by Crippen LogP contribution is 2.49. The van der Waals surface area contributed by atoms with Crippen LogP contribution < -0.4 is 5.32 Å². The largest absolute Gasteiger partial charge is 0.382 e. The fourth-order valence-electron chi connectivity index (χ4n) is 4.07. The first-order valence-corrected chi connectivity index (χ1v) is 9.39. The van der Waals surface area contributed by atoms with Gasteiger partial charge in [0.25, 0.3) is 0 Å². The van der Waals surface area contributed by atoms with Crippen LogP contribution in [0.15, 0.2) is 29.2 Å². The van der Waals surface area contributed by atoms with Crippen molar-refractivity contribution in [2.24, 2.45) is 17.8 Å². The zero-order valence-corrected chi connectivity index (χ0v) is 13.0. The first-order chi connectivity index (χ1) is 9.43. The lowest BCUT2D eigenvalue weighted by atomic mass is 9.84. The molecule has 4 atom stereocenters. The van der Waals surface area contributed by atoms with Crippen molar-refractivity contribution >= 4 is 15.5 Å². The Morgan fingerprint density at radius 3 is 2.35 bits per heavy atom. The van der Waals surface area contributed by atoms with Crippen LogP contribution in [-0.2, 0) is 9.84 Å². The number of anilines is 1. The number of fused-ring (bicyclic) bond motifs is 2. The van der Waals surface area contributed by atoms with Gasteiger partial charge in [-0.2, -0.15) is 0 Å². The number of hydrogen-bond donors (Lipinski definition) is 1. The number of benzene rings is 1. The lowest BCUT2D eigenvalue weighted by molar-refractivity contribution is 0.304. The average molecular weight is 293 g/mol. The van der Waals surface area contributed by atoms with Crippen LogP contribution in [0.25, 0.3) is 0 Å². The molecule has 0 amide bonds. The normalized spacial score (nSPS) is 30.4. The summed E-state index contributed by atoms with van der Waals surface area (Å²) in [6, 6.07) is 7.59. The molecule has 0 saturated heterocycles. The van der Waals surface area contributed by atoms with E-state index in [-0.39, 0.29) is 0 Å². The third-order valence-corrected chi connectivity index (χ3v) is 6.24. The highest BCUT2D eigenvalue weighted by Gasteiger charge is 2.41. The van der Waals surface area contributed by atoms with Gasteiger partial charge in [-0.15, -0.1) is 0 Å².